The maximum atomic E-state index is 12.7. The van der Waals surface area contributed by atoms with Crippen LogP contribution in [0.3, 0.4) is 0 Å². The Bertz CT molecular complexity index is 912. The van der Waals surface area contributed by atoms with Gasteiger partial charge in [-0.1, -0.05) is 66.4 Å². The fourth-order valence-corrected chi connectivity index (χ4v) is 3.99. The maximum Gasteiger partial charge on any atom is 0.306 e. The number of carboxylic acid groups (broad SMARTS) is 1. The number of nitrogens with zero attached hydrogens (tertiary/aromatic N) is 1. The van der Waals surface area contributed by atoms with Crippen molar-refractivity contribution in [2.45, 2.75) is 12.8 Å². The zero-order chi connectivity index (χ0) is 19.9. The highest BCUT2D eigenvalue weighted by atomic mass is 32.2. The van der Waals surface area contributed by atoms with E-state index in [-0.39, 0.29) is 18.9 Å². The number of carboxylic acids is 1. The van der Waals surface area contributed by atoms with Crippen LogP contribution in [0.25, 0.3) is 6.08 Å². The van der Waals surface area contributed by atoms with Crippen LogP contribution in [0.4, 0.5) is 0 Å². The number of thioether (sulfide) groups is 1. The van der Waals surface area contributed by atoms with E-state index in [9.17, 15) is 9.59 Å². The summed E-state index contributed by atoms with van der Waals surface area (Å²) in [6, 6.07) is 17.2. The molecule has 1 aliphatic heterocycles. The number of carbonyl (C=O) groups is 2. The smallest absolute Gasteiger partial charge is 0.306 e. The number of benzene rings is 2. The predicted molar refractivity (Wildman–Crippen MR) is 114 cm³/mol. The Morgan fingerprint density at radius 3 is 2.71 bits per heavy atom. The number of thiocarbonyl (C=S) groups is 1. The molecule has 7 heteroatoms. The molecule has 144 valence electrons. The fourth-order valence-electron chi connectivity index (χ4n) is 2.68. The molecule has 0 bridgehead atoms. The van der Waals surface area contributed by atoms with Gasteiger partial charge in [0.2, 0.25) is 0 Å². The standard InChI is InChI=1S/C21H19NO4S2/c23-19(24)10-12-26-17-8-4-7-16(13-17)14-18-20(25)22(21(27)28-18)11-9-15-5-2-1-3-6-15/h1-8,13-14H,9-12H2,(H,23,24)/b18-14+. The van der Waals surface area contributed by atoms with Crippen LogP contribution >= 0.6 is 24.0 Å². The molecular weight excluding hydrogens is 394 g/mol. The summed E-state index contributed by atoms with van der Waals surface area (Å²) >= 11 is 6.67. The summed E-state index contributed by atoms with van der Waals surface area (Å²) in [5.41, 5.74) is 1.96. The van der Waals surface area contributed by atoms with E-state index in [1.165, 1.54) is 11.8 Å². The van der Waals surface area contributed by atoms with Gasteiger partial charge in [0, 0.05) is 6.54 Å². The van der Waals surface area contributed by atoms with Crippen LogP contribution in [0.2, 0.25) is 0 Å². The van der Waals surface area contributed by atoms with E-state index in [4.69, 9.17) is 22.1 Å². The van der Waals surface area contributed by atoms with E-state index < -0.39 is 5.97 Å². The van der Waals surface area contributed by atoms with Crippen LogP contribution in [0, 0.1) is 0 Å². The summed E-state index contributed by atoms with van der Waals surface area (Å²) in [5, 5.41) is 8.68. The second-order valence-electron chi connectivity index (χ2n) is 6.13. The molecule has 1 aliphatic rings. The van der Waals surface area contributed by atoms with E-state index in [0.717, 1.165) is 17.5 Å². The molecule has 0 saturated carbocycles. The quantitative estimate of drug-likeness (QED) is 0.522. The third-order valence-electron chi connectivity index (χ3n) is 4.08. The van der Waals surface area contributed by atoms with Crippen molar-refractivity contribution < 1.29 is 19.4 Å². The lowest BCUT2D eigenvalue weighted by molar-refractivity contribution is -0.137. The minimum atomic E-state index is -0.907. The van der Waals surface area contributed by atoms with Gasteiger partial charge in [-0.2, -0.15) is 0 Å². The highest BCUT2D eigenvalue weighted by Gasteiger charge is 2.31. The Morgan fingerprint density at radius 1 is 1.18 bits per heavy atom. The molecule has 0 aromatic heterocycles. The first-order valence-electron chi connectivity index (χ1n) is 8.77. The van der Waals surface area contributed by atoms with Crippen LogP contribution in [-0.2, 0) is 16.0 Å². The Labute approximate surface area is 173 Å². The molecule has 2 aromatic carbocycles. The van der Waals surface area contributed by atoms with E-state index in [2.05, 4.69) is 0 Å². The molecule has 1 saturated heterocycles. The number of amides is 1. The second kappa shape index (κ2) is 9.52. The van der Waals surface area contributed by atoms with Gasteiger partial charge < -0.3 is 9.84 Å². The Hall–Kier alpha value is -2.64. The lowest BCUT2D eigenvalue weighted by Gasteiger charge is -2.14. The van der Waals surface area contributed by atoms with Crippen molar-refractivity contribution in [3.8, 4) is 5.75 Å². The molecule has 1 heterocycles. The van der Waals surface area contributed by atoms with Gasteiger partial charge in [-0.25, -0.2) is 0 Å². The van der Waals surface area contributed by atoms with Gasteiger partial charge in [-0.3, -0.25) is 14.5 Å². The zero-order valence-electron chi connectivity index (χ0n) is 15.0. The van der Waals surface area contributed by atoms with Crippen LogP contribution < -0.4 is 4.74 Å². The highest BCUT2D eigenvalue weighted by molar-refractivity contribution is 8.26. The molecule has 0 unspecified atom stereocenters. The number of hydrogen-bond acceptors (Lipinski definition) is 5. The maximum absolute atomic E-state index is 12.7. The van der Waals surface area contributed by atoms with Crippen LogP contribution in [0.1, 0.15) is 17.5 Å². The predicted octanol–water partition coefficient (Wildman–Crippen LogP) is 3.98. The number of hydrogen-bond donors (Lipinski definition) is 1. The van der Waals surface area contributed by atoms with E-state index in [1.807, 2.05) is 36.4 Å². The van der Waals surface area contributed by atoms with E-state index >= 15 is 0 Å². The van der Waals surface area contributed by atoms with E-state index in [0.29, 0.717) is 21.5 Å². The van der Waals surface area contributed by atoms with E-state index in [1.54, 1.807) is 29.2 Å². The lowest BCUT2D eigenvalue weighted by Crippen LogP contribution is -2.30. The Morgan fingerprint density at radius 2 is 1.96 bits per heavy atom. The molecule has 1 N–H and O–H groups in total. The van der Waals surface area contributed by atoms with Crippen molar-refractivity contribution in [1.29, 1.82) is 0 Å². The number of aliphatic carboxylic acids is 1. The molecule has 0 atom stereocenters. The molecular formula is C21H19NO4S2. The number of rotatable bonds is 8. The van der Waals surface area contributed by atoms with Crippen molar-refractivity contribution in [3.05, 3.63) is 70.6 Å². The third-order valence-corrected chi connectivity index (χ3v) is 5.46. The topological polar surface area (TPSA) is 66.8 Å². The zero-order valence-corrected chi connectivity index (χ0v) is 16.7. The summed E-state index contributed by atoms with van der Waals surface area (Å²) in [4.78, 5) is 25.5. The van der Waals surface area contributed by atoms with Crippen LogP contribution in [0.15, 0.2) is 59.5 Å². The average Bonchev–Trinajstić information content (AvgIpc) is 2.94. The van der Waals surface area contributed by atoms with Crippen molar-refractivity contribution in [3.63, 3.8) is 0 Å². The summed E-state index contributed by atoms with van der Waals surface area (Å²) in [6.45, 7) is 0.644. The van der Waals surface area contributed by atoms with Gasteiger partial charge in [-0.15, -0.1) is 0 Å². The SMILES string of the molecule is O=C(O)CCOc1cccc(/C=C2/SC(=S)N(CCc3ccccc3)C2=O)c1. The first kappa shape index (κ1) is 20.1. The average molecular weight is 414 g/mol. The molecule has 0 radical (unpaired) electrons. The number of carbonyl (C=O) groups excluding carboxylic acids is 1. The van der Waals surface area contributed by atoms with Crippen molar-refractivity contribution >= 4 is 46.3 Å². The Kier molecular flexibility index (Phi) is 6.84. The Balaban J connectivity index is 1.65. The molecule has 3 rings (SSSR count). The molecule has 28 heavy (non-hydrogen) atoms. The highest BCUT2D eigenvalue weighted by Crippen LogP contribution is 2.33. The first-order valence-corrected chi connectivity index (χ1v) is 9.99. The molecule has 1 fully saturated rings. The normalized spacial score (nSPS) is 15.3. The minimum absolute atomic E-state index is 0.0652. The fraction of sp³-hybridized carbons (Fsp3) is 0.190. The molecule has 2 aromatic rings. The largest absolute Gasteiger partial charge is 0.493 e. The van der Waals surface area contributed by atoms with Gasteiger partial charge in [-0.05, 0) is 35.8 Å². The monoisotopic (exact) mass is 413 g/mol. The van der Waals surface area contributed by atoms with Crippen LogP contribution in [0.5, 0.6) is 5.75 Å². The molecule has 5 nitrogen and oxygen atoms in total. The summed E-state index contributed by atoms with van der Waals surface area (Å²) in [5.74, 6) is -0.437. The summed E-state index contributed by atoms with van der Waals surface area (Å²) in [7, 11) is 0. The van der Waals surface area contributed by atoms with Crippen LogP contribution in [-0.4, -0.2) is 39.4 Å². The second-order valence-corrected chi connectivity index (χ2v) is 7.81. The van der Waals surface area contributed by atoms with Gasteiger partial charge >= 0.3 is 5.97 Å². The molecule has 0 aliphatic carbocycles. The first-order chi connectivity index (χ1) is 13.5. The van der Waals surface area contributed by atoms with Crippen molar-refractivity contribution in [1.82, 2.24) is 4.90 Å². The van der Waals surface area contributed by atoms with Gasteiger partial charge in [0.15, 0.2) is 0 Å². The summed E-state index contributed by atoms with van der Waals surface area (Å²) < 4.78 is 6.00. The van der Waals surface area contributed by atoms with Gasteiger partial charge in [0.25, 0.3) is 5.91 Å². The molecule has 1 amide bonds. The summed E-state index contributed by atoms with van der Waals surface area (Å²) in [6.07, 6.45) is 2.46. The third kappa shape index (κ3) is 5.43. The minimum Gasteiger partial charge on any atom is -0.493 e. The molecule has 0 spiro atoms. The van der Waals surface area contributed by atoms with Crippen molar-refractivity contribution in [2.75, 3.05) is 13.2 Å². The van der Waals surface area contributed by atoms with Crippen molar-refractivity contribution in [2.24, 2.45) is 0 Å². The van der Waals surface area contributed by atoms with Gasteiger partial charge in [0.05, 0.1) is 17.9 Å². The van der Waals surface area contributed by atoms with Gasteiger partial charge in [0.1, 0.15) is 10.1 Å². The lowest BCUT2D eigenvalue weighted by atomic mass is 10.1. The number of ether oxygens (including phenoxy) is 1.